The Labute approximate surface area is 261 Å². The van der Waals surface area contributed by atoms with Crippen LogP contribution in [0.5, 0.6) is 0 Å². The first-order valence-corrected chi connectivity index (χ1v) is 14.4. The average molecular weight is 664 g/mol. The van der Waals surface area contributed by atoms with Gasteiger partial charge in [0.2, 0.25) is 0 Å². The van der Waals surface area contributed by atoms with Crippen LogP contribution in [0.1, 0.15) is 47.9 Å². The van der Waals surface area contributed by atoms with E-state index in [1.54, 1.807) is 21.1 Å². The van der Waals surface area contributed by atoms with Gasteiger partial charge in [-0.25, -0.2) is 4.39 Å². The minimum absolute atomic E-state index is 0.0619. The number of hydrogen-bond donors (Lipinski definition) is 1. The molecule has 0 spiro atoms. The molecule has 1 fully saturated rings. The molecule has 254 valence electrons. The molecule has 1 aliphatic rings. The number of methoxy groups -OCH3 is 2. The zero-order valence-electron chi connectivity index (χ0n) is 25.7. The third-order valence-electron chi connectivity index (χ3n) is 7.89. The highest BCUT2D eigenvalue weighted by Crippen LogP contribution is 2.43. The third kappa shape index (κ3) is 8.15. The zero-order valence-corrected chi connectivity index (χ0v) is 25.7. The van der Waals surface area contributed by atoms with Crippen LogP contribution in [0.3, 0.4) is 0 Å². The van der Waals surface area contributed by atoms with E-state index in [0.29, 0.717) is 62.1 Å². The van der Waals surface area contributed by atoms with E-state index in [0.717, 1.165) is 0 Å². The van der Waals surface area contributed by atoms with Crippen molar-refractivity contribution in [2.24, 2.45) is 0 Å². The van der Waals surface area contributed by atoms with Crippen LogP contribution >= 0.6 is 0 Å². The highest BCUT2D eigenvalue weighted by molar-refractivity contribution is 5.50. The number of nitrogens with one attached hydrogen (secondary N) is 1. The summed E-state index contributed by atoms with van der Waals surface area (Å²) < 4.78 is 118. The minimum atomic E-state index is -5.03. The molecule has 0 aliphatic carbocycles. The topological polar surface area (TPSA) is 85.0 Å². The number of aromatic amines is 1. The maximum atomic E-state index is 14.0. The average Bonchev–Trinajstić information content (AvgIpc) is 3.46. The number of aromatic nitrogens is 3. The van der Waals surface area contributed by atoms with Crippen LogP contribution in [0.15, 0.2) is 42.5 Å². The second-order valence-corrected chi connectivity index (χ2v) is 11.0. The SMILES string of the molecule is COCCN(CCOC)Cc1n[nH]nc1N1CCO[C@H](O[C@H](C)c2cc(C(F)(F)F)cc(C(F)(F)F)c2)[C@]1(C)c1ccc(F)cc1. The fourth-order valence-corrected chi connectivity index (χ4v) is 5.32. The lowest BCUT2D eigenvalue weighted by Crippen LogP contribution is -2.60. The summed E-state index contributed by atoms with van der Waals surface area (Å²) in [6, 6.07) is 6.79. The van der Waals surface area contributed by atoms with Crippen LogP contribution in [0.4, 0.5) is 36.6 Å². The van der Waals surface area contributed by atoms with Gasteiger partial charge in [0.05, 0.1) is 37.1 Å². The predicted octanol–water partition coefficient (Wildman–Crippen LogP) is 5.93. The van der Waals surface area contributed by atoms with Gasteiger partial charge in [-0.3, -0.25) is 4.90 Å². The Balaban J connectivity index is 1.73. The second kappa shape index (κ2) is 14.6. The van der Waals surface area contributed by atoms with Gasteiger partial charge in [0, 0.05) is 40.4 Å². The molecular weight excluding hydrogens is 627 g/mol. The Morgan fingerprint density at radius 2 is 1.57 bits per heavy atom. The molecule has 2 heterocycles. The Hall–Kier alpha value is -3.31. The largest absolute Gasteiger partial charge is 0.416 e. The summed E-state index contributed by atoms with van der Waals surface area (Å²) in [4.78, 5) is 3.88. The van der Waals surface area contributed by atoms with E-state index in [-0.39, 0.29) is 24.8 Å². The molecule has 0 unspecified atom stereocenters. The van der Waals surface area contributed by atoms with Gasteiger partial charge < -0.3 is 23.8 Å². The summed E-state index contributed by atoms with van der Waals surface area (Å²) in [6.45, 7) is 5.72. The maximum absolute atomic E-state index is 14.0. The molecule has 1 aliphatic heterocycles. The first-order chi connectivity index (χ1) is 21.7. The smallest absolute Gasteiger partial charge is 0.383 e. The molecule has 1 aromatic heterocycles. The van der Waals surface area contributed by atoms with Gasteiger partial charge in [-0.2, -0.15) is 36.7 Å². The van der Waals surface area contributed by atoms with Crippen molar-refractivity contribution in [3.8, 4) is 0 Å². The first-order valence-electron chi connectivity index (χ1n) is 14.4. The van der Waals surface area contributed by atoms with Gasteiger partial charge in [0.25, 0.3) is 0 Å². The summed E-state index contributed by atoms with van der Waals surface area (Å²) in [5.41, 5.74) is -3.53. The van der Waals surface area contributed by atoms with Crippen molar-refractivity contribution in [3.05, 3.63) is 76.2 Å². The molecule has 16 heteroatoms. The van der Waals surface area contributed by atoms with Crippen LogP contribution in [0, 0.1) is 5.82 Å². The minimum Gasteiger partial charge on any atom is -0.383 e. The summed E-state index contributed by atoms with van der Waals surface area (Å²) in [6.07, 6.45) is -12.6. The number of alkyl halides is 6. The van der Waals surface area contributed by atoms with Crippen LogP contribution in [0.25, 0.3) is 0 Å². The molecule has 46 heavy (non-hydrogen) atoms. The van der Waals surface area contributed by atoms with Crippen molar-refractivity contribution in [2.75, 3.05) is 58.6 Å². The number of ether oxygens (including phenoxy) is 4. The van der Waals surface area contributed by atoms with E-state index < -0.39 is 47.2 Å². The van der Waals surface area contributed by atoms with Gasteiger partial charge in [0.1, 0.15) is 17.1 Å². The fourth-order valence-electron chi connectivity index (χ4n) is 5.32. The molecule has 9 nitrogen and oxygen atoms in total. The number of rotatable bonds is 13. The number of H-pyrrole nitrogens is 1. The van der Waals surface area contributed by atoms with Gasteiger partial charge in [-0.1, -0.05) is 12.1 Å². The predicted molar refractivity (Wildman–Crippen MR) is 152 cm³/mol. The van der Waals surface area contributed by atoms with E-state index in [9.17, 15) is 30.7 Å². The van der Waals surface area contributed by atoms with E-state index in [2.05, 4.69) is 15.4 Å². The summed E-state index contributed by atoms with van der Waals surface area (Å²) in [5, 5.41) is 11.4. The number of hydrogen-bond acceptors (Lipinski definition) is 8. The van der Waals surface area contributed by atoms with Crippen LogP contribution < -0.4 is 4.90 Å². The quantitative estimate of drug-likeness (QED) is 0.226. The van der Waals surface area contributed by atoms with E-state index in [1.165, 1.54) is 31.2 Å². The monoisotopic (exact) mass is 663 g/mol. The van der Waals surface area contributed by atoms with Gasteiger partial charge >= 0.3 is 12.4 Å². The molecule has 1 saturated heterocycles. The summed E-state index contributed by atoms with van der Waals surface area (Å²) in [7, 11) is 3.17. The van der Waals surface area contributed by atoms with Crippen molar-refractivity contribution < 1.29 is 49.7 Å². The maximum Gasteiger partial charge on any atom is 0.416 e. The van der Waals surface area contributed by atoms with E-state index >= 15 is 0 Å². The Morgan fingerprint density at radius 3 is 2.11 bits per heavy atom. The van der Waals surface area contributed by atoms with Crippen molar-refractivity contribution in [1.29, 1.82) is 0 Å². The summed E-state index contributed by atoms with van der Waals surface area (Å²) >= 11 is 0. The lowest BCUT2D eigenvalue weighted by molar-refractivity contribution is -0.217. The first kappa shape index (κ1) is 35.5. The molecule has 0 radical (unpaired) electrons. The Morgan fingerprint density at radius 1 is 0.978 bits per heavy atom. The van der Waals surface area contributed by atoms with Crippen molar-refractivity contribution in [2.45, 2.75) is 50.7 Å². The van der Waals surface area contributed by atoms with Crippen molar-refractivity contribution in [3.63, 3.8) is 0 Å². The molecule has 3 aromatic rings. The van der Waals surface area contributed by atoms with Crippen LogP contribution in [-0.4, -0.2) is 80.3 Å². The zero-order chi connectivity index (χ0) is 33.7. The number of morpholine rings is 1. The fraction of sp³-hybridized carbons (Fsp3) is 0.533. The highest BCUT2D eigenvalue weighted by Gasteiger charge is 2.49. The van der Waals surface area contributed by atoms with Crippen molar-refractivity contribution in [1.82, 2.24) is 20.3 Å². The highest BCUT2D eigenvalue weighted by atomic mass is 19.4. The number of benzene rings is 2. The molecular formula is C30H36F7N5O4. The molecule has 0 saturated carbocycles. The molecule has 2 aromatic carbocycles. The van der Waals surface area contributed by atoms with E-state index in [1.807, 2.05) is 9.80 Å². The lowest BCUT2D eigenvalue weighted by atomic mass is 9.87. The lowest BCUT2D eigenvalue weighted by Gasteiger charge is -2.50. The normalized spacial score (nSPS) is 20.0. The van der Waals surface area contributed by atoms with Gasteiger partial charge in [-0.05, 0) is 55.3 Å². The third-order valence-corrected chi connectivity index (χ3v) is 7.89. The van der Waals surface area contributed by atoms with Gasteiger partial charge in [0.15, 0.2) is 12.1 Å². The number of halogens is 7. The van der Waals surface area contributed by atoms with Gasteiger partial charge in [-0.15, -0.1) is 5.10 Å². The molecule has 4 rings (SSSR count). The standard InChI is InChI=1S/C30H36F7N5O4/c1-19(20-15-22(29(32,33)34)17-23(16-20)30(35,36)37)46-27-28(2,21-5-7-24(31)8-6-21)42(11-14-45-27)26-25(38-40-39-26)18-41(9-12-43-3)10-13-44-4/h5-8,15-17,19,27H,9-14,18H2,1-4H3,(H,38,39,40)/t19-,27-,28+/m1/s1. The molecule has 0 amide bonds. The Bertz CT molecular complexity index is 1380. The van der Waals surface area contributed by atoms with Crippen LogP contribution in [-0.2, 0) is 43.4 Å². The molecule has 1 N–H and O–H groups in total. The van der Waals surface area contributed by atoms with Crippen LogP contribution in [0.2, 0.25) is 0 Å². The Kier molecular flexibility index (Phi) is 11.3. The summed E-state index contributed by atoms with van der Waals surface area (Å²) in [5.74, 6) is -0.103. The molecule has 3 atom stereocenters. The number of nitrogens with zero attached hydrogens (tertiary/aromatic N) is 4. The van der Waals surface area contributed by atoms with E-state index in [4.69, 9.17) is 18.9 Å². The number of anilines is 1. The molecule has 0 bridgehead atoms. The van der Waals surface area contributed by atoms with Crippen molar-refractivity contribution >= 4 is 5.82 Å². The second-order valence-electron chi connectivity index (χ2n) is 11.0.